The molecule has 220 valence electrons. The number of rotatable bonds is 12. The fourth-order valence-corrected chi connectivity index (χ4v) is 5.42. The monoisotopic (exact) mass is 572 g/mol. The Kier molecular flexibility index (Phi) is 8.57. The van der Waals surface area contributed by atoms with E-state index in [4.69, 9.17) is 14.2 Å². The van der Waals surface area contributed by atoms with Crippen molar-refractivity contribution in [2.24, 2.45) is 0 Å². The molecule has 0 bridgehead atoms. The van der Waals surface area contributed by atoms with Crippen molar-refractivity contribution in [2.45, 2.75) is 70.2 Å². The largest absolute Gasteiger partial charge is 0.496 e. The van der Waals surface area contributed by atoms with Crippen molar-refractivity contribution in [1.82, 2.24) is 19.6 Å². The van der Waals surface area contributed by atoms with Gasteiger partial charge in [0.25, 0.3) is 5.91 Å². The fourth-order valence-electron chi connectivity index (χ4n) is 5.42. The fraction of sp³-hybridized carbons (Fsp3) is 0.483. The van der Waals surface area contributed by atoms with Crippen LogP contribution in [0.4, 0.5) is 8.78 Å². The number of hydrogen-bond acceptors (Lipinski definition) is 7. The van der Waals surface area contributed by atoms with Gasteiger partial charge in [0.05, 0.1) is 19.0 Å². The molecule has 12 heteroatoms. The number of imidazole rings is 1. The molecule has 2 N–H and O–H groups in total. The summed E-state index contributed by atoms with van der Waals surface area (Å²) in [4.78, 5) is 31.1. The van der Waals surface area contributed by atoms with Crippen molar-refractivity contribution in [2.75, 3.05) is 20.3 Å². The van der Waals surface area contributed by atoms with Crippen LogP contribution in [0, 0.1) is 0 Å². The first-order chi connectivity index (χ1) is 19.8. The summed E-state index contributed by atoms with van der Waals surface area (Å²) in [5.41, 5.74) is 1.52. The number of methoxy groups -OCH3 is 1. The van der Waals surface area contributed by atoms with E-state index in [1.54, 1.807) is 35.0 Å². The number of aliphatic carboxylic acids is 1. The molecule has 1 aliphatic carbocycles. The zero-order valence-electron chi connectivity index (χ0n) is 23.0. The number of hydrogen-bond donors (Lipinski definition) is 2. The van der Waals surface area contributed by atoms with E-state index in [2.05, 4.69) is 10.3 Å². The molecule has 10 nitrogen and oxygen atoms in total. The van der Waals surface area contributed by atoms with Crippen LogP contribution in [-0.4, -0.2) is 76.3 Å². The number of benzene rings is 1. The lowest BCUT2D eigenvalue weighted by molar-refractivity contribution is -0.145. The lowest BCUT2D eigenvalue weighted by Gasteiger charge is -2.38. The Labute approximate surface area is 236 Å². The molecule has 2 atom stereocenters. The van der Waals surface area contributed by atoms with E-state index < -0.39 is 24.5 Å². The molecule has 2 unspecified atom stereocenters. The quantitative estimate of drug-likeness (QED) is 0.324. The second-order valence-electron chi connectivity index (χ2n) is 10.4. The molecule has 2 fully saturated rings. The van der Waals surface area contributed by atoms with E-state index in [0.29, 0.717) is 35.7 Å². The number of carboxylic acid groups (broad SMARTS) is 1. The van der Waals surface area contributed by atoms with E-state index in [0.717, 1.165) is 38.6 Å². The topological polar surface area (TPSA) is 115 Å². The van der Waals surface area contributed by atoms with Gasteiger partial charge in [-0.1, -0.05) is 13.3 Å². The smallest absolute Gasteiger partial charge is 0.387 e. The molecule has 1 aliphatic heterocycles. The highest BCUT2D eigenvalue weighted by atomic mass is 19.3. The van der Waals surface area contributed by atoms with Crippen LogP contribution < -0.4 is 19.5 Å². The van der Waals surface area contributed by atoms with E-state index >= 15 is 0 Å². The van der Waals surface area contributed by atoms with Crippen molar-refractivity contribution < 1.29 is 37.7 Å². The molecular formula is C29H34F2N4O6. The number of alkyl halides is 2. The first kappa shape index (κ1) is 28.6. The van der Waals surface area contributed by atoms with Crippen LogP contribution in [-0.2, 0) is 4.79 Å². The van der Waals surface area contributed by atoms with E-state index in [-0.39, 0.29) is 29.1 Å². The molecule has 1 saturated heterocycles. The molecule has 1 saturated carbocycles. The molecular weight excluding hydrogens is 538 g/mol. The number of nitrogens with one attached hydrogen (secondary N) is 1. The van der Waals surface area contributed by atoms with Crippen molar-refractivity contribution in [3.05, 3.63) is 42.2 Å². The standard InChI is InChI=1S/C29H34F2N4O6/c1-3-21(28(37)38)34-10-5-4-6-19(34)16-40-20-9-11-35-22(15-32-25(35)14-20)17-12-23(39-2)26(24(13-17)41-29(30)31)27(36)33-18-7-8-18/h9,11-15,18-19,21,29H,3-8,10,16H2,1-2H3,(H,33,36)(H,37,38). The van der Waals surface area contributed by atoms with Gasteiger partial charge in [-0.25, -0.2) is 4.98 Å². The minimum absolute atomic E-state index is 0.00678. The maximum atomic E-state index is 13.3. The third kappa shape index (κ3) is 6.37. The lowest BCUT2D eigenvalue weighted by Crippen LogP contribution is -2.51. The third-order valence-electron chi connectivity index (χ3n) is 7.61. The Bertz CT molecular complexity index is 1410. The Morgan fingerprint density at radius 2 is 1.95 bits per heavy atom. The predicted molar refractivity (Wildman–Crippen MR) is 146 cm³/mol. The van der Waals surface area contributed by atoms with Crippen molar-refractivity contribution in [3.8, 4) is 28.5 Å². The second kappa shape index (κ2) is 12.3. The second-order valence-corrected chi connectivity index (χ2v) is 10.4. The van der Waals surface area contributed by atoms with Crippen LogP contribution in [0.2, 0.25) is 0 Å². The molecule has 2 aliphatic rings. The Morgan fingerprint density at radius 3 is 2.63 bits per heavy atom. The Hall–Kier alpha value is -3.93. The highest BCUT2D eigenvalue weighted by Gasteiger charge is 2.33. The zero-order chi connectivity index (χ0) is 29.1. The Balaban J connectivity index is 1.39. The summed E-state index contributed by atoms with van der Waals surface area (Å²) in [6.45, 7) is -0.177. The number of piperidine rings is 1. The number of aromatic nitrogens is 2. The van der Waals surface area contributed by atoms with Gasteiger partial charge in [0.15, 0.2) is 0 Å². The molecule has 1 amide bonds. The van der Waals surface area contributed by atoms with Crippen LogP contribution >= 0.6 is 0 Å². The number of ether oxygens (including phenoxy) is 3. The minimum atomic E-state index is -3.13. The van der Waals surface area contributed by atoms with Gasteiger partial charge >= 0.3 is 12.6 Å². The maximum Gasteiger partial charge on any atom is 0.387 e. The molecule has 3 heterocycles. The van der Waals surface area contributed by atoms with Gasteiger partial charge < -0.3 is 24.6 Å². The summed E-state index contributed by atoms with van der Waals surface area (Å²) in [5.74, 6) is -0.950. The normalized spacial score (nSPS) is 18.3. The average Bonchev–Trinajstić information content (AvgIpc) is 3.66. The van der Waals surface area contributed by atoms with Gasteiger partial charge in [0.2, 0.25) is 0 Å². The number of nitrogens with zero attached hydrogens (tertiary/aromatic N) is 3. The van der Waals surface area contributed by atoms with Gasteiger partial charge in [-0.3, -0.25) is 18.9 Å². The number of likely N-dealkylation sites (tertiary alicyclic amines) is 1. The molecule has 41 heavy (non-hydrogen) atoms. The summed E-state index contributed by atoms with van der Waals surface area (Å²) in [5, 5.41) is 12.4. The number of halogens is 2. The van der Waals surface area contributed by atoms with Gasteiger partial charge in [-0.2, -0.15) is 8.78 Å². The average molecular weight is 573 g/mol. The lowest BCUT2D eigenvalue weighted by atomic mass is 9.99. The number of pyridine rings is 1. The van der Waals surface area contributed by atoms with Crippen LogP contribution in [0.3, 0.4) is 0 Å². The summed E-state index contributed by atoms with van der Waals surface area (Å²) in [7, 11) is 1.36. The molecule has 2 aromatic heterocycles. The van der Waals surface area contributed by atoms with E-state index in [9.17, 15) is 23.5 Å². The predicted octanol–water partition coefficient (Wildman–Crippen LogP) is 4.60. The van der Waals surface area contributed by atoms with E-state index in [1.165, 1.54) is 13.2 Å². The summed E-state index contributed by atoms with van der Waals surface area (Å²) in [6, 6.07) is 5.98. The van der Waals surface area contributed by atoms with E-state index in [1.807, 2.05) is 11.8 Å². The van der Waals surface area contributed by atoms with Crippen LogP contribution in [0.5, 0.6) is 17.2 Å². The molecule has 3 aromatic rings. The first-order valence-corrected chi connectivity index (χ1v) is 13.9. The van der Waals surface area contributed by atoms with Crippen molar-refractivity contribution >= 4 is 17.5 Å². The summed E-state index contributed by atoms with van der Waals surface area (Å²) >= 11 is 0. The van der Waals surface area contributed by atoms with Crippen molar-refractivity contribution in [3.63, 3.8) is 0 Å². The summed E-state index contributed by atoms with van der Waals surface area (Å²) in [6.07, 6.45) is 8.39. The highest BCUT2D eigenvalue weighted by Crippen LogP contribution is 2.37. The number of fused-ring (bicyclic) bond motifs is 1. The highest BCUT2D eigenvalue weighted by molar-refractivity contribution is 6.01. The zero-order valence-corrected chi connectivity index (χ0v) is 23.0. The molecule has 5 rings (SSSR count). The molecule has 1 aromatic carbocycles. The maximum absolute atomic E-state index is 13.3. The summed E-state index contributed by atoms with van der Waals surface area (Å²) < 4.78 is 44.7. The van der Waals surface area contributed by atoms with Crippen molar-refractivity contribution in [1.29, 1.82) is 0 Å². The minimum Gasteiger partial charge on any atom is -0.496 e. The number of amides is 1. The van der Waals surface area contributed by atoms with Gasteiger partial charge in [-0.15, -0.1) is 0 Å². The number of carbonyl (C=O) groups is 2. The SMILES string of the molecule is CCC(C(=O)O)N1CCCCC1COc1ccn2c(-c3cc(OC)c(C(=O)NC4CC4)c(OC(F)F)c3)cnc2c1. The van der Waals surface area contributed by atoms with Gasteiger partial charge in [0.1, 0.15) is 41.1 Å². The Morgan fingerprint density at radius 1 is 1.17 bits per heavy atom. The third-order valence-corrected chi connectivity index (χ3v) is 7.61. The van der Waals surface area contributed by atoms with Crippen LogP contribution in [0.25, 0.3) is 16.9 Å². The van der Waals surface area contributed by atoms with Crippen LogP contribution in [0.15, 0.2) is 36.7 Å². The van der Waals surface area contributed by atoms with Gasteiger partial charge in [0, 0.05) is 29.9 Å². The first-order valence-electron chi connectivity index (χ1n) is 13.9. The molecule has 0 radical (unpaired) electrons. The van der Waals surface area contributed by atoms with Crippen LogP contribution in [0.1, 0.15) is 55.8 Å². The number of carboxylic acids is 1. The van der Waals surface area contributed by atoms with Gasteiger partial charge in [-0.05, 0) is 56.8 Å². The number of carbonyl (C=O) groups excluding carboxylic acids is 1. The molecule has 0 spiro atoms.